The van der Waals surface area contributed by atoms with Crippen molar-refractivity contribution in [2.45, 2.75) is 12.5 Å². The second-order valence-corrected chi connectivity index (χ2v) is 4.19. The van der Waals surface area contributed by atoms with Gasteiger partial charge in [-0.1, -0.05) is 12.2 Å². The number of carboxylic acid groups (broad SMARTS) is 1. The molecular weight excluding hydrogens is 197 g/mol. The van der Waals surface area contributed by atoms with Gasteiger partial charge in [0.05, 0.1) is 6.16 Å². The van der Waals surface area contributed by atoms with Crippen LogP contribution in [0.5, 0.6) is 0 Å². The highest BCUT2D eigenvalue weighted by Gasteiger charge is 2.10. The van der Waals surface area contributed by atoms with Gasteiger partial charge in [0.25, 0.3) is 0 Å². The highest BCUT2D eigenvalue weighted by atomic mass is 31.2. The Morgan fingerprint density at radius 2 is 2.00 bits per heavy atom. The highest BCUT2D eigenvalue weighted by Crippen LogP contribution is 2.33. The number of carboxylic acids is 1. The van der Waals surface area contributed by atoms with E-state index < -0.39 is 19.6 Å². The highest BCUT2D eigenvalue weighted by molar-refractivity contribution is 7.51. The van der Waals surface area contributed by atoms with Crippen LogP contribution in [0, 0.1) is 0 Å². The maximum absolute atomic E-state index is 10.3. The van der Waals surface area contributed by atoms with Gasteiger partial charge in [0, 0.05) is 0 Å². The molecule has 0 aromatic rings. The van der Waals surface area contributed by atoms with E-state index in [-0.39, 0.29) is 12.6 Å². The first kappa shape index (κ1) is 12.3. The van der Waals surface area contributed by atoms with Crippen LogP contribution in [-0.4, -0.2) is 33.1 Å². The quantitative estimate of drug-likeness (QED) is 0.358. The lowest BCUT2D eigenvalue weighted by Crippen LogP contribution is -2.29. The Balaban J connectivity index is 3.77. The average Bonchev–Trinajstić information content (AvgIpc) is 1.95. The number of rotatable bonds is 5. The number of hydrogen-bond acceptors (Lipinski definition) is 3. The van der Waals surface area contributed by atoms with Crippen molar-refractivity contribution in [1.82, 2.24) is 0 Å². The maximum Gasteiger partial charge on any atom is 0.329 e. The molecule has 0 spiro atoms. The molecule has 0 saturated carbocycles. The normalized spacial score (nSPS) is 14.7. The van der Waals surface area contributed by atoms with E-state index in [1.807, 2.05) is 0 Å². The first-order chi connectivity index (χ1) is 5.83. The van der Waals surface area contributed by atoms with Gasteiger partial charge in [-0.3, -0.25) is 9.36 Å². The third-order valence-corrected chi connectivity index (χ3v) is 1.90. The summed E-state index contributed by atoms with van der Waals surface area (Å²) >= 11 is 0. The molecule has 0 unspecified atom stereocenters. The van der Waals surface area contributed by atoms with E-state index in [1.165, 1.54) is 12.2 Å². The lowest BCUT2D eigenvalue weighted by atomic mass is 10.2. The largest absolute Gasteiger partial charge is 0.480 e. The Bertz CT molecular complexity index is 245. The molecule has 0 aliphatic heterocycles. The zero-order valence-corrected chi connectivity index (χ0v) is 7.72. The summed E-state index contributed by atoms with van der Waals surface area (Å²) in [5.41, 5.74) is 5.12. The van der Waals surface area contributed by atoms with Crippen molar-refractivity contribution in [1.29, 1.82) is 0 Å². The van der Waals surface area contributed by atoms with Crippen LogP contribution in [0.1, 0.15) is 6.42 Å². The lowest BCUT2D eigenvalue weighted by molar-refractivity contribution is -0.138. The van der Waals surface area contributed by atoms with E-state index in [1.54, 1.807) is 0 Å². The topological polar surface area (TPSA) is 121 Å². The van der Waals surface area contributed by atoms with Crippen LogP contribution in [0.25, 0.3) is 0 Å². The molecule has 5 N–H and O–H groups in total. The Morgan fingerprint density at radius 1 is 1.46 bits per heavy atom. The number of carbonyl (C=O) groups is 1. The van der Waals surface area contributed by atoms with Crippen molar-refractivity contribution in [2.24, 2.45) is 5.73 Å². The van der Waals surface area contributed by atoms with Gasteiger partial charge in [0.15, 0.2) is 0 Å². The van der Waals surface area contributed by atoms with E-state index in [9.17, 15) is 9.36 Å². The molecule has 0 heterocycles. The summed E-state index contributed by atoms with van der Waals surface area (Å²) in [6.45, 7) is 0. The van der Waals surface area contributed by atoms with E-state index in [0.29, 0.717) is 0 Å². The smallest absolute Gasteiger partial charge is 0.329 e. The summed E-state index contributed by atoms with van der Waals surface area (Å²) < 4.78 is 10.3. The van der Waals surface area contributed by atoms with Gasteiger partial charge in [0.2, 0.25) is 0 Å². The fourth-order valence-electron chi connectivity index (χ4n) is 0.556. The molecule has 76 valence electrons. The fraction of sp³-hybridized carbons (Fsp3) is 0.500. The monoisotopic (exact) mass is 209 g/mol. The predicted octanol–water partition coefficient (Wildman–Crippen LogP) is -0.478. The van der Waals surface area contributed by atoms with Crippen molar-refractivity contribution in [3.63, 3.8) is 0 Å². The van der Waals surface area contributed by atoms with Crippen LogP contribution in [0.3, 0.4) is 0 Å². The first-order valence-corrected chi connectivity index (χ1v) is 5.30. The Hall–Kier alpha value is -0.680. The van der Waals surface area contributed by atoms with Crippen LogP contribution in [0.2, 0.25) is 0 Å². The molecule has 13 heavy (non-hydrogen) atoms. The number of nitrogens with two attached hydrogens (primary N) is 1. The molecule has 0 rings (SSSR count). The minimum Gasteiger partial charge on any atom is -0.480 e. The zero-order valence-electron chi connectivity index (χ0n) is 6.83. The molecule has 0 aliphatic carbocycles. The van der Waals surface area contributed by atoms with Gasteiger partial charge in [-0.2, -0.15) is 0 Å². The van der Waals surface area contributed by atoms with Gasteiger partial charge in [0.1, 0.15) is 6.04 Å². The Kier molecular flexibility index (Phi) is 4.87. The van der Waals surface area contributed by atoms with Crippen molar-refractivity contribution >= 4 is 13.6 Å². The maximum atomic E-state index is 10.3. The standard InChI is InChI=1S/C6H12NO5P/c7-5(6(8)9)3-1-2-4-13(10,11)12/h1-2,5H,3-4,7H2,(H,8,9)(H2,10,11,12)/b2-1+/t5-/m0/s1. The molecule has 0 aromatic carbocycles. The molecular formula is C6H12NO5P. The molecule has 6 nitrogen and oxygen atoms in total. The van der Waals surface area contributed by atoms with Gasteiger partial charge >= 0.3 is 13.6 Å². The average molecular weight is 209 g/mol. The summed E-state index contributed by atoms with van der Waals surface area (Å²) in [6, 6.07) is -1.02. The summed E-state index contributed by atoms with van der Waals surface area (Å²) in [5.74, 6) is -1.14. The van der Waals surface area contributed by atoms with Crippen molar-refractivity contribution in [2.75, 3.05) is 6.16 Å². The third-order valence-electron chi connectivity index (χ3n) is 1.22. The van der Waals surface area contributed by atoms with Crippen LogP contribution < -0.4 is 5.73 Å². The van der Waals surface area contributed by atoms with Gasteiger partial charge < -0.3 is 20.6 Å². The molecule has 0 aliphatic rings. The SMILES string of the molecule is N[C@@H](C/C=C/CP(=O)(O)O)C(=O)O. The Morgan fingerprint density at radius 3 is 2.38 bits per heavy atom. The van der Waals surface area contributed by atoms with E-state index in [2.05, 4.69) is 0 Å². The van der Waals surface area contributed by atoms with E-state index in [4.69, 9.17) is 20.6 Å². The van der Waals surface area contributed by atoms with Gasteiger partial charge in [-0.05, 0) is 6.42 Å². The van der Waals surface area contributed by atoms with E-state index in [0.717, 1.165) is 0 Å². The van der Waals surface area contributed by atoms with Crippen LogP contribution >= 0.6 is 7.60 Å². The first-order valence-electron chi connectivity index (χ1n) is 3.51. The Labute approximate surface area is 75.2 Å². The number of hydrogen-bond donors (Lipinski definition) is 4. The second-order valence-electron chi connectivity index (χ2n) is 2.50. The molecule has 0 fully saturated rings. The fourth-order valence-corrected chi connectivity index (χ4v) is 0.979. The predicted molar refractivity (Wildman–Crippen MR) is 46.3 cm³/mol. The molecule has 0 bridgehead atoms. The van der Waals surface area contributed by atoms with Crippen molar-refractivity contribution in [3.05, 3.63) is 12.2 Å². The van der Waals surface area contributed by atoms with E-state index >= 15 is 0 Å². The van der Waals surface area contributed by atoms with Crippen LogP contribution in [0.4, 0.5) is 0 Å². The van der Waals surface area contributed by atoms with Crippen molar-refractivity contribution < 1.29 is 24.3 Å². The minimum absolute atomic E-state index is 0.0648. The third kappa shape index (κ3) is 7.67. The molecule has 0 aromatic heterocycles. The molecule has 1 atom stereocenters. The van der Waals surface area contributed by atoms with Crippen LogP contribution in [-0.2, 0) is 9.36 Å². The molecule has 0 saturated heterocycles. The summed E-state index contributed by atoms with van der Waals surface area (Å²) in [7, 11) is -4.02. The second kappa shape index (κ2) is 5.14. The van der Waals surface area contributed by atoms with Gasteiger partial charge in [-0.25, -0.2) is 0 Å². The summed E-state index contributed by atoms with van der Waals surface area (Å²) in [6.07, 6.45) is 2.25. The molecule has 7 heteroatoms. The molecule has 0 amide bonds. The zero-order chi connectivity index (χ0) is 10.5. The summed E-state index contributed by atoms with van der Waals surface area (Å²) in [4.78, 5) is 27.0. The van der Waals surface area contributed by atoms with Crippen LogP contribution in [0.15, 0.2) is 12.2 Å². The number of aliphatic carboxylic acids is 1. The van der Waals surface area contributed by atoms with Gasteiger partial charge in [-0.15, -0.1) is 0 Å². The molecule has 0 radical (unpaired) electrons. The number of allylic oxidation sites excluding steroid dienone is 1. The van der Waals surface area contributed by atoms with Crippen molar-refractivity contribution in [3.8, 4) is 0 Å². The minimum atomic E-state index is -4.02. The summed E-state index contributed by atoms with van der Waals surface area (Å²) in [5, 5.41) is 8.33. The lowest BCUT2D eigenvalue weighted by Gasteiger charge is -2.01.